The summed E-state index contributed by atoms with van der Waals surface area (Å²) in [6, 6.07) is 0. The summed E-state index contributed by atoms with van der Waals surface area (Å²) in [6.45, 7) is 1.44. The Morgan fingerprint density at radius 3 is 2.69 bits per heavy atom. The minimum Gasteiger partial charge on any atom is -0.498 e. The van der Waals surface area contributed by atoms with E-state index in [1.165, 1.54) is 0 Å². The Labute approximate surface area is 91.8 Å². The van der Waals surface area contributed by atoms with E-state index in [1.54, 1.807) is 6.92 Å². The number of ether oxygens (including phenoxy) is 1. The molecule has 0 aromatic rings. The molecule has 0 aromatic heterocycles. The topological polar surface area (TPSA) is 107 Å². The van der Waals surface area contributed by atoms with Crippen molar-refractivity contribution >= 4 is 5.97 Å². The normalized spacial score (nSPS) is 46.9. The van der Waals surface area contributed by atoms with Gasteiger partial charge in [-0.1, -0.05) is 6.92 Å². The van der Waals surface area contributed by atoms with Crippen LogP contribution in [0, 0.1) is 11.8 Å². The first-order chi connectivity index (χ1) is 7.39. The molecule has 6 heteroatoms. The third kappa shape index (κ3) is 1.27. The molecular weight excluding hydrogens is 216 g/mol. The van der Waals surface area contributed by atoms with Crippen molar-refractivity contribution in [3.8, 4) is 0 Å². The van der Waals surface area contributed by atoms with E-state index < -0.39 is 35.6 Å². The van der Waals surface area contributed by atoms with Crippen LogP contribution >= 0.6 is 0 Å². The highest BCUT2D eigenvalue weighted by atomic mass is 16.5. The number of carboxylic acid groups (broad SMARTS) is 1. The molecule has 2 rings (SSSR count). The second-order valence-corrected chi connectivity index (χ2v) is 4.43. The van der Waals surface area contributed by atoms with Crippen LogP contribution in [0.3, 0.4) is 0 Å². The number of carboxylic acids is 1. The first kappa shape index (κ1) is 11.4. The summed E-state index contributed by atoms with van der Waals surface area (Å²) in [5.41, 5.74) is -1.73. The Kier molecular flexibility index (Phi) is 2.45. The average molecular weight is 230 g/mol. The first-order valence-electron chi connectivity index (χ1n) is 5.03. The second-order valence-electron chi connectivity index (χ2n) is 4.43. The number of aliphatic hydroxyl groups is 3. The number of aliphatic carboxylic acids is 1. The molecule has 90 valence electrons. The minimum atomic E-state index is -1.53. The number of rotatable bonds is 1. The first-order valence-corrected chi connectivity index (χ1v) is 5.03. The Balaban J connectivity index is 2.45. The molecule has 0 spiro atoms. The molecule has 2 aliphatic rings. The molecule has 0 aromatic carbocycles. The van der Waals surface area contributed by atoms with Gasteiger partial charge in [0.15, 0.2) is 0 Å². The Morgan fingerprint density at radius 1 is 1.50 bits per heavy atom. The molecule has 5 unspecified atom stereocenters. The zero-order valence-corrected chi connectivity index (χ0v) is 8.70. The van der Waals surface area contributed by atoms with E-state index in [1.807, 2.05) is 0 Å². The van der Waals surface area contributed by atoms with Crippen molar-refractivity contribution in [2.45, 2.75) is 24.7 Å². The van der Waals surface area contributed by atoms with Crippen molar-refractivity contribution < 1.29 is 30.0 Å². The van der Waals surface area contributed by atoms with E-state index in [-0.39, 0.29) is 12.2 Å². The molecular formula is C10H14O6. The molecule has 1 saturated carbocycles. The Bertz CT molecular complexity index is 351. The van der Waals surface area contributed by atoms with Crippen molar-refractivity contribution in [3.63, 3.8) is 0 Å². The summed E-state index contributed by atoms with van der Waals surface area (Å²) in [4.78, 5) is 10.9. The lowest BCUT2D eigenvalue weighted by Gasteiger charge is -2.36. The molecule has 4 N–H and O–H groups in total. The van der Waals surface area contributed by atoms with Crippen LogP contribution < -0.4 is 0 Å². The molecule has 6 nitrogen and oxygen atoms in total. The zero-order valence-electron chi connectivity index (χ0n) is 8.70. The van der Waals surface area contributed by atoms with Crippen LogP contribution in [0.2, 0.25) is 0 Å². The van der Waals surface area contributed by atoms with E-state index in [2.05, 4.69) is 0 Å². The van der Waals surface area contributed by atoms with Crippen LogP contribution in [0.25, 0.3) is 0 Å². The van der Waals surface area contributed by atoms with Crippen LogP contribution in [0.5, 0.6) is 0 Å². The maximum Gasteiger partial charge on any atom is 0.335 e. The quantitative estimate of drug-likeness (QED) is 0.446. The molecule has 5 atom stereocenters. The molecule has 1 heterocycles. The number of fused-ring (bicyclic) bond motifs is 1. The van der Waals surface area contributed by atoms with E-state index in [0.29, 0.717) is 0 Å². The molecule has 1 fully saturated rings. The highest BCUT2D eigenvalue weighted by molar-refractivity contribution is 5.87. The smallest absolute Gasteiger partial charge is 0.335 e. The van der Waals surface area contributed by atoms with Gasteiger partial charge in [-0.25, -0.2) is 4.79 Å². The lowest BCUT2D eigenvalue weighted by molar-refractivity contribution is -0.139. The van der Waals surface area contributed by atoms with E-state index in [9.17, 15) is 20.1 Å². The van der Waals surface area contributed by atoms with Crippen molar-refractivity contribution in [2.75, 3.05) is 6.61 Å². The monoisotopic (exact) mass is 230 g/mol. The van der Waals surface area contributed by atoms with E-state index in [0.717, 1.165) is 6.26 Å². The molecule has 16 heavy (non-hydrogen) atoms. The number of hydrogen-bond donors (Lipinski definition) is 4. The van der Waals surface area contributed by atoms with Crippen LogP contribution in [0.1, 0.15) is 6.92 Å². The molecule has 0 radical (unpaired) electrons. The van der Waals surface area contributed by atoms with Crippen LogP contribution in [0.4, 0.5) is 0 Å². The molecule has 1 aliphatic carbocycles. The fourth-order valence-electron chi connectivity index (χ4n) is 2.56. The minimum absolute atomic E-state index is 0.121. The summed E-state index contributed by atoms with van der Waals surface area (Å²) in [5.74, 6) is -2.91. The van der Waals surface area contributed by atoms with Crippen molar-refractivity contribution in [1.82, 2.24) is 0 Å². The van der Waals surface area contributed by atoms with E-state index in [4.69, 9.17) is 9.84 Å². The van der Waals surface area contributed by atoms with Crippen LogP contribution in [0.15, 0.2) is 11.8 Å². The van der Waals surface area contributed by atoms with E-state index >= 15 is 0 Å². The zero-order chi connectivity index (χ0) is 12.1. The van der Waals surface area contributed by atoms with Crippen LogP contribution in [-0.2, 0) is 9.53 Å². The fraction of sp³-hybridized carbons (Fsp3) is 0.700. The van der Waals surface area contributed by atoms with Gasteiger partial charge in [0.05, 0.1) is 30.0 Å². The summed E-state index contributed by atoms with van der Waals surface area (Å²) in [7, 11) is 0. The van der Waals surface area contributed by atoms with Gasteiger partial charge in [0, 0.05) is 5.92 Å². The third-order valence-electron chi connectivity index (χ3n) is 3.64. The van der Waals surface area contributed by atoms with Gasteiger partial charge in [0.25, 0.3) is 0 Å². The highest BCUT2D eigenvalue weighted by Gasteiger charge is 2.61. The van der Waals surface area contributed by atoms with Crippen molar-refractivity contribution in [3.05, 3.63) is 11.8 Å². The number of hydrogen-bond acceptors (Lipinski definition) is 5. The lowest BCUT2D eigenvalue weighted by atomic mass is 9.80. The maximum absolute atomic E-state index is 10.9. The third-order valence-corrected chi connectivity index (χ3v) is 3.64. The predicted octanol–water partition coefficient (Wildman–Crippen LogP) is -1.30. The van der Waals surface area contributed by atoms with Gasteiger partial charge in [-0.3, -0.25) is 0 Å². The predicted molar refractivity (Wildman–Crippen MR) is 51.3 cm³/mol. The summed E-state index contributed by atoms with van der Waals surface area (Å²) in [6.07, 6.45) is -1.42. The summed E-state index contributed by atoms with van der Waals surface area (Å²) < 4.78 is 4.91. The van der Waals surface area contributed by atoms with Crippen molar-refractivity contribution in [2.24, 2.45) is 11.8 Å². The summed E-state index contributed by atoms with van der Waals surface area (Å²) >= 11 is 0. The largest absolute Gasteiger partial charge is 0.498 e. The molecule has 0 bridgehead atoms. The standard InChI is InChI=1S/C10H14O6/c1-4-7(11)8(12)6-5(9(13)14)2-16-3-10(4,6)15/h2,4,6-8,11-12,15H,3H2,1H3,(H,13,14). The van der Waals surface area contributed by atoms with Gasteiger partial charge in [-0.15, -0.1) is 0 Å². The Morgan fingerprint density at radius 2 is 2.12 bits per heavy atom. The van der Waals surface area contributed by atoms with Gasteiger partial charge in [-0.05, 0) is 0 Å². The number of carbonyl (C=O) groups is 1. The van der Waals surface area contributed by atoms with Gasteiger partial charge in [-0.2, -0.15) is 0 Å². The van der Waals surface area contributed by atoms with Crippen LogP contribution in [-0.4, -0.2) is 50.8 Å². The van der Waals surface area contributed by atoms with Gasteiger partial charge in [0.2, 0.25) is 0 Å². The SMILES string of the molecule is CC1C(O)C(O)C2C(C(=O)O)=COCC12O. The lowest BCUT2D eigenvalue weighted by Crippen LogP contribution is -2.49. The van der Waals surface area contributed by atoms with Gasteiger partial charge < -0.3 is 25.2 Å². The molecule has 1 aliphatic heterocycles. The number of aliphatic hydroxyl groups excluding tert-OH is 2. The molecule has 0 saturated heterocycles. The van der Waals surface area contributed by atoms with Gasteiger partial charge in [0.1, 0.15) is 12.2 Å². The maximum atomic E-state index is 10.9. The second kappa shape index (κ2) is 3.44. The molecule has 0 amide bonds. The van der Waals surface area contributed by atoms with Gasteiger partial charge >= 0.3 is 5.97 Å². The van der Waals surface area contributed by atoms with Crippen molar-refractivity contribution in [1.29, 1.82) is 0 Å². The highest BCUT2D eigenvalue weighted by Crippen LogP contribution is 2.46. The summed E-state index contributed by atoms with van der Waals surface area (Å²) in [5, 5.41) is 38.7. The average Bonchev–Trinajstić information content (AvgIpc) is 2.40. The fourth-order valence-corrected chi connectivity index (χ4v) is 2.56. The Hall–Kier alpha value is -1.11.